The summed E-state index contributed by atoms with van der Waals surface area (Å²) in [6.07, 6.45) is 2.87. The summed E-state index contributed by atoms with van der Waals surface area (Å²) >= 11 is 6.02. The second kappa shape index (κ2) is 8.14. The molecule has 1 N–H and O–H groups in total. The number of halogens is 1. The Morgan fingerprint density at radius 3 is 2.53 bits per heavy atom. The van der Waals surface area contributed by atoms with Crippen molar-refractivity contribution in [3.8, 4) is 11.1 Å². The average molecular weight is 498 g/mol. The van der Waals surface area contributed by atoms with Crippen molar-refractivity contribution in [2.45, 2.75) is 26.3 Å². The first-order valence-electron chi connectivity index (χ1n) is 10.6. The highest BCUT2D eigenvalue weighted by atomic mass is 35.5. The smallest absolute Gasteiger partial charge is 0.340 e. The number of aryl methyl sites for hydroxylation is 2. The second-order valence-corrected chi connectivity index (χ2v) is 10.8. The molecule has 7 nitrogen and oxygen atoms in total. The minimum absolute atomic E-state index is 0.185. The molecule has 0 bridgehead atoms. The predicted molar refractivity (Wildman–Crippen MR) is 131 cm³/mol. The van der Waals surface area contributed by atoms with Crippen molar-refractivity contribution in [3.63, 3.8) is 0 Å². The van der Waals surface area contributed by atoms with Gasteiger partial charge in [0, 0.05) is 32.3 Å². The Bertz CT molecular complexity index is 1660. The van der Waals surface area contributed by atoms with E-state index in [2.05, 4.69) is 5.32 Å². The first kappa shape index (κ1) is 22.4. The molecule has 174 valence electrons. The van der Waals surface area contributed by atoms with Gasteiger partial charge in [-0.25, -0.2) is 13.2 Å². The van der Waals surface area contributed by atoms with E-state index >= 15 is 0 Å². The fraction of sp³-hybridized carbons (Fsp3) is 0.200. The molecular formula is C25H20ClNO6S. The molecule has 1 aliphatic heterocycles. The van der Waals surface area contributed by atoms with Crippen LogP contribution in [0.5, 0.6) is 0 Å². The molecule has 0 radical (unpaired) electrons. The molecule has 2 aromatic carbocycles. The number of nitrogens with one attached hydrogen (secondary N) is 1. The third-order valence-electron chi connectivity index (χ3n) is 6.11. The van der Waals surface area contributed by atoms with Crippen LogP contribution in [0, 0.1) is 13.8 Å². The van der Waals surface area contributed by atoms with E-state index in [0.717, 1.165) is 21.9 Å². The van der Waals surface area contributed by atoms with Crippen LogP contribution in [0.1, 0.15) is 16.7 Å². The van der Waals surface area contributed by atoms with Gasteiger partial charge in [-0.2, -0.15) is 0 Å². The standard InChI is InChI=1S/C25H20ClNO6S/c1-13-18-9-20-21(15-3-5-16(26)6-4-15)11-32-23(20)14(2)24(18)33-25(29)19(13)10-22(28)27-17-7-8-34(30,31)12-17/h3-9,11,17H,10,12H2,1-2H3,(H,27,28). The number of sulfone groups is 1. The van der Waals surface area contributed by atoms with Gasteiger partial charge < -0.3 is 14.2 Å². The van der Waals surface area contributed by atoms with Crippen molar-refractivity contribution in [2.24, 2.45) is 0 Å². The zero-order chi connectivity index (χ0) is 24.2. The number of hydrogen-bond donors (Lipinski definition) is 1. The number of carbonyl (C=O) groups excluding carboxylic acids is 1. The first-order valence-corrected chi connectivity index (χ1v) is 12.7. The minimum atomic E-state index is -3.30. The lowest BCUT2D eigenvalue weighted by Gasteiger charge is -2.12. The van der Waals surface area contributed by atoms with Crippen LogP contribution in [0.15, 0.2) is 61.7 Å². The summed E-state index contributed by atoms with van der Waals surface area (Å²) in [6.45, 7) is 3.59. The normalized spacial score (nSPS) is 17.0. The van der Waals surface area contributed by atoms with Crippen molar-refractivity contribution in [2.75, 3.05) is 5.75 Å². The summed E-state index contributed by atoms with van der Waals surface area (Å²) in [6, 6.07) is 8.69. The van der Waals surface area contributed by atoms with Crippen LogP contribution in [0.25, 0.3) is 33.1 Å². The zero-order valence-corrected chi connectivity index (χ0v) is 19.9. The van der Waals surface area contributed by atoms with Gasteiger partial charge in [-0.1, -0.05) is 23.7 Å². The topological polar surface area (TPSA) is 107 Å². The maximum absolute atomic E-state index is 12.8. The maximum Gasteiger partial charge on any atom is 0.340 e. The van der Waals surface area contributed by atoms with E-state index in [1.54, 1.807) is 25.3 Å². The molecule has 0 saturated heterocycles. The molecule has 1 unspecified atom stereocenters. The van der Waals surface area contributed by atoms with Crippen LogP contribution < -0.4 is 10.9 Å². The van der Waals surface area contributed by atoms with Crippen LogP contribution in [-0.4, -0.2) is 26.1 Å². The molecule has 0 spiro atoms. The molecule has 3 heterocycles. The van der Waals surface area contributed by atoms with E-state index in [0.29, 0.717) is 32.7 Å². The van der Waals surface area contributed by atoms with Gasteiger partial charge in [-0.05, 0) is 49.2 Å². The fourth-order valence-electron chi connectivity index (χ4n) is 4.34. The molecule has 4 aromatic rings. The fourth-order valence-corrected chi connectivity index (χ4v) is 5.70. The lowest BCUT2D eigenvalue weighted by Crippen LogP contribution is -2.37. The highest BCUT2D eigenvalue weighted by Crippen LogP contribution is 2.37. The summed E-state index contributed by atoms with van der Waals surface area (Å²) in [5.41, 5.74) is 3.74. The SMILES string of the molecule is Cc1c(CC(=O)NC2C=CS(=O)(=O)C2)c(=O)oc2c(C)c3occ(-c4ccc(Cl)cc4)c3cc12. The van der Waals surface area contributed by atoms with Crippen LogP contribution in [-0.2, 0) is 21.1 Å². The van der Waals surface area contributed by atoms with Crippen LogP contribution in [0.2, 0.25) is 5.02 Å². The Labute approximate surface area is 199 Å². The molecule has 0 saturated carbocycles. The van der Waals surface area contributed by atoms with Gasteiger partial charge in [0.2, 0.25) is 5.91 Å². The maximum atomic E-state index is 12.8. The van der Waals surface area contributed by atoms with Gasteiger partial charge >= 0.3 is 5.63 Å². The van der Waals surface area contributed by atoms with Crippen molar-refractivity contribution in [1.29, 1.82) is 0 Å². The zero-order valence-electron chi connectivity index (χ0n) is 18.3. The van der Waals surface area contributed by atoms with Gasteiger partial charge in [0.25, 0.3) is 0 Å². The molecule has 1 aliphatic rings. The van der Waals surface area contributed by atoms with Crippen molar-refractivity contribution in [3.05, 3.63) is 80.2 Å². The Morgan fingerprint density at radius 1 is 1.12 bits per heavy atom. The third-order valence-corrected chi connectivity index (χ3v) is 7.76. The molecule has 1 atom stereocenters. The quantitative estimate of drug-likeness (QED) is 0.417. The molecule has 34 heavy (non-hydrogen) atoms. The van der Waals surface area contributed by atoms with Crippen LogP contribution in [0.4, 0.5) is 0 Å². The lowest BCUT2D eigenvalue weighted by atomic mass is 9.97. The van der Waals surface area contributed by atoms with E-state index in [4.69, 9.17) is 20.4 Å². The van der Waals surface area contributed by atoms with Crippen molar-refractivity contribution in [1.82, 2.24) is 5.32 Å². The molecule has 2 aromatic heterocycles. The van der Waals surface area contributed by atoms with Gasteiger partial charge in [0.05, 0.1) is 30.0 Å². The van der Waals surface area contributed by atoms with Gasteiger partial charge in [0.15, 0.2) is 9.84 Å². The van der Waals surface area contributed by atoms with E-state index in [9.17, 15) is 18.0 Å². The summed E-state index contributed by atoms with van der Waals surface area (Å²) in [4.78, 5) is 25.4. The van der Waals surface area contributed by atoms with Gasteiger partial charge in [-0.3, -0.25) is 4.79 Å². The molecule has 5 rings (SSSR count). The number of furan rings is 1. The highest BCUT2D eigenvalue weighted by Gasteiger charge is 2.25. The van der Waals surface area contributed by atoms with E-state index in [1.807, 2.05) is 25.1 Å². The summed E-state index contributed by atoms with van der Waals surface area (Å²) < 4.78 is 34.6. The van der Waals surface area contributed by atoms with Crippen molar-refractivity contribution >= 4 is 49.3 Å². The van der Waals surface area contributed by atoms with Crippen LogP contribution in [0.3, 0.4) is 0 Å². The Balaban J connectivity index is 1.56. The average Bonchev–Trinajstić information content (AvgIpc) is 3.35. The molecule has 1 amide bonds. The number of benzene rings is 2. The Morgan fingerprint density at radius 2 is 1.85 bits per heavy atom. The number of rotatable bonds is 4. The molecule has 0 fully saturated rings. The van der Waals surface area contributed by atoms with Gasteiger partial charge in [0.1, 0.15) is 11.2 Å². The summed E-state index contributed by atoms with van der Waals surface area (Å²) in [5, 5.41) is 5.91. The summed E-state index contributed by atoms with van der Waals surface area (Å²) in [5.74, 6) is -0.640. The number of carbonyl (C=O) groups is 1. The largest absolute Gasteiger partial charge is 0.463 e. The van der Waals surface area contributed by atoms with Gasteiger partial charge in [-0.15, -0.1) is 0 Å². The number of fused-ring (bicyclic) bond motifs is 2. The Hall–Kier alpha value is -3.36. The van der Waals surface area contributed by atoms with E-state index in [1.165, 1.54) is 6.08 Å². The van der Waals surface area contributed by atoms with Crippen LogP contribution >= 0.6 is 11.6 Å². The molecular weight excluding hydrogens is 478 g/mol. The monoisotopic (exact) mass is 497 g/mol. The minimum Gasteiger partial charge on any atom is -0.463 e. The second-order valence-electron chi connectivity index (χ2n) is 8.41. The summed E-state index contributed by atoms with van der Waals surface area (Å²) in [7, 11) is -3.30. The number of amides is 1. The number of hydrogen-bond acceptors (Lipinski definition) is 6. The highest BCUT2D eigenvalue weighted by molar-refractivity contribution is 7.94. The predicted octanol–water partition coefficient (Wildman–Crippen LogP) is 4.45. The molecule has 0 aliphatic carbocycles. The Kier molecular flexibility index (Phi) is 5.37. The van der Waals surface area contributed by atoms with Crippen molar-refractivity contribution < 1.29 is 22.0 Å². The molecule has 9 heteroatoms. The first-order chi connectivity index (χ1) is 16.1. The lowest BCUT2D eigenvalue weighted by molar-refractivity contribution is -0.120. The van der Waals surface area contributed by atoms with E-state index < -0.39 is 27.4 Å². The van der Waals surface area contributed by atoms with E-state index in [-0.39, 0.29) is 17.7 Å². The third kappa shape index (κ3) is 3.93.